The molecule has 2 aromatic heterocycles. The van der Waals surface area contributed by atoms with Crippen molar-refractivity contribution in [3.8, 4) is 11.6 Å². The lowest BCUT2D eigenvalue weighted by molar-refractivity contribution is -0.0671. The molecular weight excluding hydrogens is 375 g/mol. The number of hydrogen-bond donors (Lipinski definition) is 2. The van der Waals surface area contributed by atoms with Crippen molar-refractivity contribution in [2.24, 2.45) is 0 Å². The van der Waals surface area contributed by atoms with Gasteiger partial charge in [-0.3, -0.25) is 4.90 Å². The second-order valence-electron chi connectivity index (χ2n) is 7.16. The topological polar surface area (TPSA) is 102 Å². The Kier molecular flexibility index (Phi) is 5.41. The summed E-state index contributed by atoms with van der Waals surface area (Å²) in [7, 11) is 0. The zero-order valence-electron chi connectivity index (χ0n) is 16.0. The van der Waals surface area contributed by atoms with Gasteiger partial charge < -0.3 is 15.6 Å². The van der Waals surface area contributed by atoms with Gasteiger partial charge in [0.25, 0.3) is 0 Å². The molecule has 1 unspecified atom stereocenters. The van der Waals surface area contributed by atoms with E-state index in [1.54, 1.807) is 30.5 Å². The minimum Gasteiger partial charge on any atom is -0.473 e. The molecule has 4 rings (SSSR count). The third-order valence-electron chi connectivity index (χ3n) is 5.16. The summed E-state index contributed by atoms with van der Waals surface area (Å²) in [5.74, 6) is -0.0506. The fourth-order valence-electron chi connectivity index (χ4n) is 3.66. The van der Waals surface area contributed by atoms with Gasteiger partial charge in [-0.25, -0.2) is 9.37 Å². The molecule has 0 bridgehead atoms. The Balaban J connectivity index is 1.58. The van der Waals surface area contributed by atoms with Crippen LogP contribution in [0.3, 0.4) is 0 Å². The first-order valence-electron chi connectivity index (χ1n) is 9.50. The minimum absolute atomic E-state index is 0.0837. The highest BCUT2D eigenvalue weighted by atomic mass is 19.1. The van der Waals surface area contributed by atoms with Crippen molar-refractivity contribution in [1.82, 2.24) is 24.9 Å². The molecule has 8 nitrogen and oxygen atoms in total. The second kappa shape index (κ2) is 8.14. The molecule has 0 radical (unpaired) electrons. The van der Waals surface area contributed by atoms with Gasteiger partial charge in [0.15, 0.2) is 5.82 Å². The highest BCUT2D eigenvalue weighted by Gasteiger charge is 2.33. The van der Waals surface area contributed by atoms with E-state index in [-0.39, 0.29) is 17.8 Å². The van der Waals surface area contributed by atoms with E-state index in [4.69, 9.17) is 10.5 Å². The fraction of sp³-hybridized carbons (Fsp3) is 0.350. The number of aliphatic hydroxyl groups is 1. The van der Waals surface area contributed by atoms with E-state index in [9.17, 15) is 9.50 Å². The zero-order valence-corrected chi connectivity index (χ0v) is 16.0. The summed E-state index contributed by atoms with van der Waals surface area (Å²) < 4.78 is 20.5. The van der Waals surface area contributed by atoms with Crippen LogP contribution in [-0.4, -0.2) is 48.7 Å². The maximum absolute atomic E-state index is 14.6. The Morgan fingerprint density at radius 2 is 2.00 bits per heavy atom. The van der Waals surface area contributed by atoms with E-state index >= 15 is 0 Å². The molecule has 9 heteroatoms. The van der Waals surface area contributed by atoms with E-state index < -0.39 is 12.0 Å². The highest BCUT2D eigenvalue weighted by Crippen LogP contribution is 2.32. The molecule has 3 heterocycles. The number of nitrogens with two attached hydrogens (primary N) is 1. The number of anilines is 1. The van der Waals surface area contributed by atoms with E-state index in [1.807, 2.05) is 11.8 Å². The summed E-state index contributed by atoms with van der Waals surface area (Å²) in [5.41, 5.74) is 6.91. The van der Waals surface area contributed by atoms with E-state index in [0.717, 1.165) is 12.8 Å². The quantitative estimate of drug-likeness (QED) is 0.680. The summed E-state index contributed by atoms with van der Waals surface area (Å²) in [6.45, 7) is 2.49. The molecule has 1 aromatic carbocycles. The number of rotatable bonds is 5. The molecule has 3 N–H and O–H groups in total. The van der Waals surface area contributed by atoms with Gasteiger partial charge in [0.05, 0.1) is 12.4 Å². The lowest BCUT2D eigenvalue weighted by atomic mass is 9.99. The van der Waals surface area contributed by atoms with Crippen molar-refractivity contribution in [2.45, 2.75) is 38.1 Å². The lowest BCUT2D eigenvalue weighted by Gasteiger charge is -2.40. The zero-order chi connectivity index (χ0) is 20.4. The van der Waals surface area contributed by atoms with Gasteiger partial charge in [-0.1, -0.05) is 12.1 Å². The first-order valence-corrected chi connectivity index (χ1v) is 9.50. The van der Waals surface area contributed by atoms with Crippen molar-refractivity contribution in [3.05, 3.63) is 60.3 Å². The number of nitrogen functional groups attached to an aromatic ring is 1. The first kappa shape index (κ1) is 19.3. The molecule has 3 aromatic rings. The number of pyridine rings is 1. The number of para-hydroxylation sites is 1. The average molecular weight is 398 g/mol. The van der Waals surface area contributed by atoms with Crippen LogP contribution in [0.1, 0.15) is 31.6 Å². The monoisotopic (exact) mass is 398 g/mol. The summed E-state index contributed by atoms with van der Waals surface area (Å²) in [4.78, 5) is 7.27. The van der Waals surface area contributed by atoms with Crippen LogP contribution in [0.15, 0.2) is 48.9 Å². The number of aromatic nitrogens is 4. The largest absolute Gasteiger partial charge is 0.473 e. The molecule has 1 saturated heterocycles. The Morgan fingerprint density at radius 3 is 2.76 bits per heavy atom. The van der Waals surface area contributed by atoms with Crippen molar-refractivity contribution < 1.29 is 14.2 Å². The molecule has 1 aliphatic heterocycles. The van der Waals surface area contributed by atoms with Crippen molar-refractivity contribution in [1.29, 1.82) is 0 Å². The van der Waals surface area contributed by atoms with Gasteiger partial charge in [0, 0.05) is 36.1 Å². The van der Waals surface area contributed by atoms with Crippen molar-refractivity contribution in [3.63, 3.8) is 0 Å². The molecule has 0 amide bonds. The predicted molar refractivity (Wildman–Crippen MR) is 105 cm³/mol. The van der Waals surface area contributed by atoms with Gasteiger partial charge in [-0.05, 0) is 31.9 Å². The van der Waals surface area contributed by atoms with Gasteiger partial charge in [0.2, 0.25) is 5.88 Å². The first-order chi connectivity index (χ1) is 14.0. The predicted octanol–water partition coefficient (Wildman–Crippen LogP) is 2.31. The molecule has 1 fully saturated rings. The van der Waals surface area contributed by atoms with E-state index in [2.05, 4.69) is 15.2 Å². The Hall–Kier alpha value is -3.04. The molecule has 0 spiro atoms. The van der Waals surface area contributed by atoms with Crippen LogP contribution in [-0.2, 0) is 0 Å². The van der Waals surface area contributed by atoms with Crippen LogP contribution in [0.2, 0.25) is 0 Å². The summed E-state index contributed by atoms with van der Waals surface area (Å²) >= 11 is 0. The van der Waals surface area contributed by atoms with E-state index in [1.165, 1.54) is 23.3 Å². The maximum Gasteiger partial charge on any atom is 0.215 e. The molecule has 29 heavy (non-hydrogen) atoms. The average Bonchev–Trinajstić information content (AvgIpc) is 3.23. The number of ether oxygens (including phenoxy) is 1. The SMILES string of the molecule is C[C@@H]1CC[C@@H](Oc2cc(N)ccn2)CN1C(O)c1cccc(F)c1-n1nccn1. The van der Waals surface area contributed by atoms with Crippen LogP contribution >= 0.6 is 0 Å². The summed E-state index contributed by atoms with van der Waals surface area (Å²) in [6, 6.07) is 8.03. The molecule has 1 aliphatic rings. The number of halogens is 1. The number of aliphatic hydroxyl groups excluding tert-OH is 1. The molecular formula is C20H23FN6O2. The number of hydrogen-bond acceptors (Lipinski definition) is 7. The number of likely N-dealkylation sites (tertiary alicyclic amines) is 1. The van der Waals surface area contributed by atoms with Crippen LogP contribution in [0, 0.1) is 5.82 Å². The van der Waals surface area contributed by atoms with Crippen LogP contribution in [0.5, 0.6) is 5.88 Å². The van der Waals surface area contributed by atoms with Crippen LogP contribution in [0.4, 0.5) is 10.1 Å². The highest BCUT2D eigenvalue weighted by molar-refractivity contribution is 5.42. The number of piperidine rings is 1. The Morgan fingerprint density at radius 1 is 1.21 bits per heavy atom. The standard InChI is InChI=1S/C20H23FN6O2/c1-13-5-6-15(29-18-11-14(22)7-8-23-18)12-26(13)20(28)16-3-2-4-17(21)19(16)27-24-9-10-25-27/h2-4,7-11,13,15,20,28H,5-6,12H2,1H3,(H2,22,23)/t13-,15-,20?/m1/s1. The summed E-state index contributed by atoms with van der Waals surface area (Å²) in [5, 5.41) is 19.2. The van der Waals surface area contributed by atoms with Gasteiger partial charge in [0.1, 0.15) is 18.0 Å². The fourth-order valence-corrected chi connectivity index (χ4v) is 3.66. The van der Waals surface area contributed by atoms with Gasteiger partial charge in [-0.2, -0.15) is 10.2 Å². The Bertz CT molecular complexity index is 967. The minimum atomic E-state index is -1.04. The molecule has 0 saturated carbocycles. The van der Waals surface area contributed by atoms with Gasteiger partial charge >= 0.3 is 0 Å². The molecule has 152 valence electrons. The third kappa shape index (κ3) is 4.06. The number of benzene rings is 1. The normalized spacial score (nSPS) is 21.1. The van der Waals surface area contributed by atoms with Crippen LogP contribution in [0.25, 0.3) is 5.69 Å². The lowest BCUT2D eigenvalue weighted by Crippen LogP contribution is -2.48. The summed E-state index contributed by atoms with van der Waals surface area (Å²) in [6.07, 6.45) is 4.95. The number of nitrogens with zero attached hydrogens (tertiary/aromatic N) is 5. The van der Waals surface area contributed by atoms with Crippen molar-refractivity contribution in [2.75, 3.05) is 12.3 Å². The smallest absolute Gasteiger partial charge is 0.215 e. The Labute approximate surface area is 167 Å². The van der Waals surface area contributed by atoms with E-state index in [0.29, 0.717) is 23.7 Å². The molecule has 0 aliphatic carbocycles. The van der Waals surface area contributed by atoms with Crippen LogP contribution < -0.4 is 10.5 Å². The molecule has 3 atom stereocenters. The third-order valence-corrected chi connectivity index (χ3v) is 5.16. The van der Waals surface area contributed by atoms with Crippen molar-refractivity contribution >= 4 is 5.69 Å². The van der Waals surface area contributed by atoms with Gasteiger partial charge in [-0.15, -0.1) is 4.80 Å². The maximum atomic E-state index is 14.6. The second-order valence-corrected chi connectivity index (χ2v) is 7.16.